The quantitative estimate of drug-likeness (QED) is 0.833. The molecule has 0 aliphatic carbocycles. The van der Waals surface area contributed by atoms with Crippen LogP contribution in [0.15, 0.2) is 29.2 Å². The molecule has 1 aliphatic heterocycles. The van der Waals surface area contributed by atoms with Gasteiger partial charge in [-0.25, -0.2) is 8.42 Å². The van der Waals surface area contributed by atoms with Gasteiger partial charge in [0, 0.05) is 45.7 Å². The lowest BCUT2D eigenvalue weighted by Gasteiger charge is -2.28. The van der Waals surface area contributed by atoms with Gasteiger partial charge in [0.25, 0.3) is 0 Å². The molecule has 0 radical (unpaired) electrons. The SMILES string of the molecule is CCN(CCC(=O)N1CCNCC1)S(=O)(=O)c1ccc(C)cc1. The summed E-state index contributed by atoms with van der Waals surface area (Å²) in [6, 6.07) is 6.80. The zero-order chi connectivity index (χ0) is 16.9. The van der Waals surface area contributed by atoms with Crippen molar-refractivity contribution in [3.8, 4) is 0 Å². The summed E-state index contributed by atoms with van der Waals surface area (Å²) in [6.45, 7) is 7.25. The first kappa shape index (κ1) is 17.9. The monoisotopic (exact) mass is 339 g/mol. The first-order valence-electron chi connectivity index (χ1n) is 8.00. The Morgan fingerprint density at radius 2 is 1.83 bits per heavy atom. The van der Waals surface area contributed by atoms with Crippen LogP contribution in [0, 0.1) is 6.92 Å². The second-order valence-corrected chi connectivity index (χ2v) is 7.63. The summed E-state index contributed by atoms with van der Waals surface area (Å²) >= 11 is 0. The molecule has 128 valence electrons. The molecular weight excluding hydrogens is 314 g/mol. The lowest BCUT2D eigenvalue weighted by atomic mass is 10.2. The van der Waals surface area contributed by atoms with E-state index in [0.29, 0.717) is 19.6 Å². The molecule has 1 saturated heterocycles. The minimum atomic E-state index is -3.54. The Morgan fingerprint density at radius 3 is 2.39 bits per heavy atom. The maximum absolute atomic E-state index is 12.7. The molecule has 1 aliphatic rings. The predicted molar refractivity (Wildman–Crippen MR) is 89.7 cm³/mol. The largest absolute Gasteiger partial charge is 0.340 e. The number of carbonyl (C=O) groups is 1. The fraction of sp³-hybridized carbons (Fsp3) is 0.562. The molecule has 0 atom stereocenters. The van der Waals surface area contributed by atoms with Gasteiger partial charge in [-0.1, -0.05) is 24.6 Å². The Morgan fingerprint density at radius 1 is 1.22 bits per heavy atom. The third kappa shape index (κ3) is 4.53. The number of aryl methyl sites for hydroxylation is 1. The molecule has 0 saturated carbocycles. The van der Waals surface area contributed by atoms with Gasteiger partial charge in [-0.3, -0.25) is 4.79 Å². The maximum Gasteiger partial charge on any atom is 0.243 e. The van der Waals surface area contributed by atoms with Crippen molar-refractivity contribution in [2.75, 3.05) is 39.3 Å². The van der Waals surface area contributed by atoms with E-state index < -0.39 is 10.0 Å². The van der Waals surface area contributed by atoms with Gasteiger partial charge in [-0.05, 0) is 19.1 Å². The van der Waals surface area contributed by atoms with E-state index in [-0.39, 0.29) is 23.8 Å². The van der Waals surface area contributed by atoms with E-state index >= 15 is 0 Å². The summed E-state index contributed by atoms with van der Waals surface area (Å²) in [7, 11) is -3.54. The molecule has 1 fully saturated rings. The number of hydrogen-bond acceptors (Lipinski definition) is 4. The fourth-order valence-electron chi connectivity index (χ4n) is 2.60. The van der Waals surface area contributed by atoms with E-state index in [2.05, 4.69) is 5.32 Å². The van der Waals surface area contributed by atoms with Crippen molar-refractivity contribution < 1.29 is 13.2 Å². The standard InChI is InChI=1S/C16H25N3O3S/c1-3-19(11-8-16(20)18-12-9-17-10-13-18)23(21,22)15-6-4-14(2)5-7-15/h4-7,17H,3,8-13H2,1-2H3. The highest BCUT2D eigenvalue weighted by Gasteiger charge is 2.24. The Kier molecular flexibility index (Phi) is 6.15. The van der Waals surface area contributed by atoms with Crippen LogP contribution in [0.1, 0.15) is 18.9 Å². The van der Waals surface area contributed by atoms with Gasteiger partial charge < -0.3 is 10.2 Å². The van der Waals surface area contributed by atoms with Crippen molar-refractivity contribution in [3.05, 3.63) is 29.8 Å². The minimum absolute atomic E-state index is 0.0176. The Labute approximate surface area is 138 Å². The van der Waals surface area contributed by atoms with Crippen LogP contribution < -0.4 is 5.32 Å². The highest BCUT2D eigenvalue weighted by Crippen LogP contribution is 2.16. The second kappa shape index (κ2) is 7.90. The van der Waals surface area contributed by atoms with Crippen LogP contribution in [0.5, 0.6) is 0 Å². The highest BCUT2D eigenvalue weighted by atomic mass is 32.2. The average molecular weight is 339 g/mol. The molecule has 1 aromatic carbocycles. The van der Waals surface area contributed by atoms with Crippen LogP contribution in [0.4, 0.5) is 0 Å². The number of rotatable bonds is 6. The number of amides is 1. The molecule has 0 bridgehead atoms. The molecule has 0 aromatic heterocycles. The molecule has 1 amide bonds. The molecule has 1 heterocycles. The zero-order valence-corrected chi connectivity index (χ0v) is 14.6. The number of piperazine rings is 1. The molecule has 1 N–H and O–H groups in total. The Balaban J connectivity index is 2.01. The average Bonchev–Trinajstić information content (AvgIpc) is 2.56. The number of hydrogen-bond donors (Lipinski definition) is 1. The summed E-state index contributed by atoms with van der Waals surface area (Å²) in [5.41, 5.74) is 1.01. The topological polar surface area (TPSA) is 69.7 Å². The van der Waals surface area contributed by atoms with Crippen molar-refractivity contribution in [2.45, 2.75) is 25.2 Å². The number of nitrogens with zero attached hydrogens (tertiary/aromatic N) is 2. The Bertz CT molecular complexity index is 622. The smallest absolute Gasteiger partial charge is 0.243 e. The van der Waals surface area contributed by atoms with Gasteiger partial charge >= 0.3 is 0 Å². The van der Waals surface area contributed by atoms with Crippen LogP contribution in [0.25, 0.3) is 0 Å². The van der Waals surface area contributed by atoms with Crippen molar-refractivity contribution in [1.29, 1.82) is 0 Å². The van der Waals surface area contributed by atoms with E-state index in [1.54, 1.807) is 36.1 Å². The van der Waals surface area contributed by atoms with E-state index in [1.165, 1.54) is 4.31 Å². The molecule has 6 nitrogen and oxygen atoms in total. The summed E-state index contributed by atoms with van der Waals surface area (Å²) in [5, 5.41) is 3.20. The van der Waals surface area contributed by atoms with Gasteiger partial charge in [-0.2, -0.15) is 4.31 Å². The van der Waals surface area contributed by atoms with E-state index in [0.717, 1.165) is 18.7 Å². The molecule has 0 unspecified atom stereocenters. The summed E-state index contributed by atoms with van der Waals surface area (Å²) in [6.07, 6.45) is 0.221. The van der Waals surface area contributed by atoms with Gasteiger partial charge in [-0.15, -0.1) is 0 Å². The zero-order valence-electron chi connectivity index (χ0n) is 13.8. The second-order valence-electron chi connectivity index (χ2n) is 5.69. The first-order valence-corrected chi connectivity index (χ1v) is 9.44. The highest BCUT2D eigenvalue weighted by molar-refractivity contribution is 7.89. The third-order valence-corrected chi connectivity index (χ3v) is 6.04. The third-order valence-electron chi connectivity index (χ3n) is 4.06. The molecule has 0 spiro atoms. The molecule has 7 heteroatoms. The number of carbonyl (C=O) groups excluding carboxylic acids is 1. The van der Waals surface area contributed by atoms with Gasteiger partial charge in [0.2, 0.25) is 15.9 Å². The Hall–Kier alpha value is -1.44. The number of nitrogens with one attached hydrogen (secondary N) is 1. The lowest BCUT2D eigenvalue weighted by Crippen LogP contribution is -2.47. The van der Waals surface area contributed by atoms with Crippen LogP contribution in [-0.4, -0.2) is 62.8 Å². The maximum atomic E-state index is 12.7. The van der Waals surface area contributed by atoms with E-state index in [1.807, 2.05) is 6.92 Å². The van der Waals surface area contributed by atoms with Crippen molar-refractivity contribution in [2.24, 2.45) is 0 Å². The summed E-state index contributed by atoms with van der Waals surface area (Å²) < 4.78 is 26.7. The summed E-state index contributed by atoms with van der Waals surface area (Å²) in [5.74, 6) is 0.0176. The molecule has 2 rings (SSSR count). The summed E-state index contributed by atoms with van der Waals surface area (Å²) in [4.78, 5) is 14.3. The molecule has 23 heavy (non-hydrogen) atoms. The lowest BCUT2D eigenvalue weighted by molar-refractivity contribution is -0.131. The predicted octanol–water partition coefficient (Wildman–Crippen LogP) is 0.828. The fourth-order valence-corrected chi connectivity index (χ4v) is 4.05. The molecular formula is C16H25N3O3S. The normalized spacial score (nSPS) is 15.9. The van der Waals surface area contributed by atoms with Crippen LogP contribution in [-0.2, 0) is 14.8 Å². The van der Waals surface area contributed by atoms with Crippen molar-refractivity contribution >= 4 is 15.9 Å². The van der Waals surface area contributed by atoms with E-state index in [4.69, 9.17) is 0 Å². The molecule has 1 aromatic rings. The van der Waals surface area contributed by atoms with Crippen LogP contribution in [0.2, 0.25) is 0 Å². The van der Waals surface area contributed by atoms with Crippen molar-refractivity contribution in [3.63, 3.8) is 0 Å². The van der Waals surface area contributed by atoms with Gasteiger partial charge in [0.15, 0.2) is 0 Å². The van der Waals surface area contributed by atoms with Crippen molar-refractivity contribution in [1.82, 2.24) is 14.5 Å². The van der Waals surface area contributed by atoms with E-state index in [9.17, 15) is 13.2 Å². The van der Waals surface area contributed by atoms with Crippen LogP contribution in [0.3, 0.4) is 0 Å². The first-order chi connectivity index (χ1) is 10.9. The van der Waals surface area contributed by atoms with Gasteiger partial charge in [0.05, 0.1) is 4.90 Å². The number of benzene rings is 1. The minimum Gasteiger partial charge on any atom is -0.340 e. The number of sulfonamides is 1. The van der Waals surface area contributed by atoms with Gasteiger partial charge in [0.1, 0.15) is 0 Å². The van der Waals surface area contributed by atoms with Crippen LogP contribution >= 0.6 is 0 Å².